The Morgan fingerprint density at radius 1 is 1.40 bits per heavy atom. The van der Waals surface area contributed by atoms with Crippen molar-refractivity contribution >= 4 is 0 Å². The summed E-state index contributed by atoms with van der Waals surface area (Å²) in [5.74, 6) is -0.926. The minimum atomic E-state index is -0.954. The van der Waals surface area contributed by atoms with E-state index in [1.165, 1.54) is 0 Å². The van der Waals surface area contributed by atoms with Crippen LogP contribution in [0.5, 0.6) is 0 Å². The molecular weight excluding hydrogens is 266 g/mol. The molecule has 0 saturated carbocycles. The van der Waals surface area contributed by atoms with Gasteiger partial charge in [-0.2, -0.15) is 0 Å². The monoisotopic (exact) mass is 283 g/mol. The molecule has 1 N–H and O–H groups in total. The normalized spacial score (nSPS) is 26.1. The fourth-order valence-corrected chi connectivity index (χ4v) is 2.31. The zero-order chi connectivity index (χ0) is 14.8. The van der Waals surface area contributed by atoms with Gasteiger partial charge in [0.05, 0.1) is 6.61 Å². The Kier molecular flexibility index (Phi) is 4.22. The summed E-state index contributed by atoms with van der Waals surface area (Å²) in [6.45, 7) is 3.06. The molecule has 3 atom stereocenters. The largest absolute Gasteiger partial charge is 0.394 e. The number of nitrogens with zero attached hydrogens (tertiary/aromatic N) is 1. The van der Waals surface area contributed by atoms with Gasteiger partial charge in [-0.1, -0.05) is 30.3 Å². The van der Waals surface area contributed by atoms with E-state index in [1.807, 2.05) is 0 Å². The molecule has 0 radical (unpaired) electrons. The van der Waals surface area contributed by atoms with E-state index in [0.717, 1.165) is 0 Å². The maximum Gasteiger partial charge on any atom is 0.295 e. The molecule has 1 heterocycles. The second-order valence-corrected chi connectivity index (χ2v) is 4.98. The number of aliphatic hydroxyl groups is 1. The number of rotatable bonds is 5. The van der Waals surface area contributed by atoms with Gasteiger partial charge in [0, 0.05) is 0 Å². The van der Waals surface area contributed by atoms with Gasteiger partial charge in [0.2, 0.25) is 0 Å². The van der Waals surface area contributed by atoms with Crippen molar-refractivity contribution in [1.29, 1.82) is 0 Å². The fraction of sp³-hybridized carbons (Fsp3) is 0.538. The smallest absolute Gasteiger partial charge is 0.295 e. The van der Waals surface area contributed by atoms with Crippen LogP contribution in [0.1, 0.15) is 25.5 Å². The Morgan fingerprint density at radius 3 is 2.60 bits per heavy atom. The third kappa shape index (κ3) is 3.24. The molecular formula is C13H17NO6. The summed E-state index contributed by atoms with van der Waals surface area (Å²) >= 11 is 0. The average molecular weight is 283 g/mol. The van der Waals surface area contributed by atoms with Crippen LogP contribution < -0.4 is 0 Å². The fourth-order valence-electron chi connectivity index (χ4n) is 2.31. The zero-order valence-corrected chi connectivity index (χ0v) is 11.3. The molecule has 0 aliphatic carbocycles. The Hall–Kier alpha value is -1.70. The Morgan fingerprint density at radius 2 is 2.05 bits per heavy atom. The minimum Gasteiger partial charge on any atom is -0.394 e. The van der Waals surface area contributed by atoms with E-state index in [9.17, 15) is 15.2 Å². The average Bonchev–Trinajstić information content (AvgIpc) is 2.72. The van der Waals surface area contributed by atoms with Crippen molar-refractivity contribution in [1.82, 2.24) is 0 Å². The van der Waals surface area contributed by atoms with Gasteiger partial charge >= 0.3 is 0 Å². The van der Waals surface area contributed by atoms with E-state index in [1.54, 1.807) is 44.2 Å². The van der Waals surface area contributed by atoms with Crippen LogP contribution >= 0.6 is 0 Å². The third-order valence-corrected chi connectivity index (χ3v) is 3.03. The van der Waals surface area contributed by atoms with Crippen LogP contribution in [0.25, 0.3) is 0 Å². The molecule has 20 heavy (non-hydrogen) atoms. The zero-order valence-electron chi connectivity index (χ0n) is 11.3. The topological polar surface area (TPSA) is 91.1 Å². The van der Waals surface area contributed by atoms with Crippen LogP contribution in [-0.2, 0) is 14.3 Å². The van der Waals surface area contributed by atoms with E-state index < -0.39 is 29.2 Å². The van der Waals surface area contributed by atoms with Gasteiger partial charge in [0.1, 0.15) is 12.2 Å². The number of benzene rings is 1. The predicted molar refractivity (Wildman–Crippen MR) is 68.2 cm³/mol. The maximum absolute atomic E-state index is 10.7. The summed E-state index contributed by atoms with van der Waals surface area (Å²) in [6, 6.07) is 8.71. The molecule has 1 fully saturated rings. The molecule has 1 saturated heterocycles. The highest BCUT2D eigenvalue weighted by Crippen LogP contribution is 2.37. The van der Waals surface area contributed by atoms with Crippen LogP contribution in [0.2, 0.25) is 0 Å². The Bertz CT molecular complexity index is 463. The van der Waals surface area contributed by atoms with Gasteiger partial charge in [0.15, 0.2) is 11.9 Å². The van der Waals surface area contributed by atoms with Crippen LogP contribution in [0.3, 0.4) is 0 Å². The molecule has 110 valence electrons. The van der Waals surface area contributed by atoms with Gasteiger partial charge in [-0.05, 0) is 19.4 Å². The molecule has 1 aromatic rings. The van der Waals surface area contributed by atoms with Gasteiger partial charge in [-0.25, -0.2) is 0 Å². The minimum absolute atomic E-state index is 0.307. The lowest BCUT2D eigenvalue weighted by Gasteiger charge is -2.24. The lowest BCUT2D eigenvalue weighted by atomic mass is 10.0. The Labute approximate surface area is 116 Å². The molecule has 7 heteroatoms. The van der Waals surface area contributed by atoms with E-state index in [-0.39, 0.29) is 6.61 Å². The standard InChI is InChI=1S/C13H17NO6/c1-13(2)18-10(8-15)12(19-13)11(20-14(16)17)9-6-4-3-5-7-9/h3-7,10-12,15H,8H2,1-2H3/t10-,11-,12+/m1/s1. The second kappa shape index (κ2) is 5.74. The van der Waals surface area contributed by atoms with Crippen LogP contribution in [0.15, 0.2) is 30.3 Å². The van der Waals surface area contributed by atoms with E-state index in [2.05, 4.69) is 0 Å². The lowest BCUT2D eigenvalue weighted by Crippen LogP contribution is -2.34. The summed E-state index contributed by atoms with van der Waals surface area (Å²) in [5, 5.41) is 19.2. The summed E-state index contributed by atoms with van der Waals surface area (Å²) in [5.41, 5.74) is 0.592. The quantitative estimate of drug-likeness (QED) is 0.649. The summed E-state index contributed by atoms with van der Waals surface area (Å²) < 4.78 is 11.2. The Balaban J connectivity index is 2.29. The molecule has 0 unspecified atom stereocenters. The number of aliphatic hydroxyl groups excluding tert-OH is 1. The van der Waals surface area contributed by atoms with Crippen LogP contribution in [-0.4, -0.2) is 34.8 Å². The first kappa shape index (κ1) is 14.7. The molecule has 0 aromatic heterocycles. The van der Waals surface area contributed by atoms with Crippen molar-refractivity contribution < 1.29 is 24.5 Å². The van der Waals surface area contributed by atoms with Crippen LogP contribution in [0, 0.1) is 10.1 Å². The van der Waals surface area contributed by atoms with Crippen LogP contribution in [0.4, 0.5) is 0 Å². The summed E-state index contributed by atoms with van der Waals surface area (Å²) in [6.07, 6.45) is -2.40. The van der Waals surface area contributed by atoms with Gasteiger partial charge < -0.3 is 19.4 Å². The third-order valence-electron chi connectivity index (χ3n) is 3.03. The molecule has 0 bridgehead atoms. The second-order valence-electron chi connectivity index (χ2n) is 4.98. The SMILES string of the molecule is CC1(C)O[C@H]([C@H](O[N+](=O)[O-])c2ccccc2)[C@@H](CO)O1. The van der Waals surface area contributed by atoms with E-state index >= 15 is 0 Å². The van der Waals surface area contributed by atoms with Crippen molar-refractivity contribution in [3.05, 3.63) is 46.0 Å². The first-order valence-electron chi connectivity index (χ1n) is 6.25. The predicted octanol–water partition coefficient (Wildman–Crippen LogP) is 1.45. The first-order chi connectivity index (χ1) is 9.43. The van der Waals surface area contributed by atoms with Gasteiger partial charge in [-0.15, -0.1) is 10.1 Å². The highest BCUT2D eigenvalue weighted by atomic mass is 17.0. The molecule has 1 aliphatic rings. The van der Waals surface area contributed by atoms with Gasteiger partial charge in [0.25, 0.3) is 5.09 Å². The van der Waals surface area contributed by atoms with Crippen molar-refractivity contribution in [2.24, 2.45) is 0 Å². The molecule has 1 aliphatic heterocycles. The number of ether oxygens (including phenoxy) is 2. The molecule has 0 spiro atoms. The van der Waals surface area contributed by atoms with E-state index in [4.69, 9.17) is 14.3 Å². The number of hydrogen-bond acceptors (Lipinski definition) is 6. The van der Waals surface area contributed by atoms with Crippen molar-refractivity contribution in [3.63, 3.8) is 0 Å². The summed E-state index contributed by atoms with van der Waals surface area (Å²) in [4.78, 5) is 15.5. The number of hydrogen-bond donors (Lipinski definition) is 1. The first-order valence-corrected chi connectivity index (χ1v) is 6.25. The highest BCUT2D eigenvalue weighted by molar-refractivity contribution is 5.19. The van der Waals surface area contributed by atoms with Gasteiger partial charge in [-0.3, -0.25) is 0 Å². The van der Waals surface area contributed by atoms with Crippen molar-refractivity contribution in [2.45, 2.75) is 37.9 Å². The molecule has 7 nitrogen and oxygen atoms in total. The highest BCUT2D eigenvalue weighted by Gasteiger charge is 2.46. The molecule has 2 rings (SSSR count). The van der Waals surface area contributed by atoms with Crippen molar-refractivity contribution in [3.8, 4) is 0 Å². The van der Waals surface area contributed by atoms with E-state index in [0.29, 0.717) is 5.56 Å². The summed E-state index contributed by atoms with van der Waals surface area (Å²) in [7, 11) is 0. The maximum atomic E-state index is 10.7. The molecule has 0 amide bonds. The van der Waals surface area contributed by atoms with Crippen molar-refractivity contribution in [2.75, 3.05) is 6.61 Å². The lowest BCUT2D eigenvalue weighted by molar-refractivity contribution is -0.773. The molecule has 1 aromatic carbocycles.